The van der Waals surface area contributed by atoms with Crippen LogP contribution >= 0.6 is 11.6 Å². The van der Waals surface area contributed by atoms with Crippen LogP contribution in [0.15, 0.2) is 18.3 Å². The molecule has 1 saturated carbocycles. The Morgan fingerprint density at radius 1 is 1.26 bits per heavy atom. The third-order valence-corrected chi connectivity index (χ3v) is 5.08. The number of ether oxygens (including phenoxy) is 1. The van der Waals surface area contributed by atoms with Gasteiger partial charge in [-0.25, -0.2) is 13.8 Å². The van der Waals surface area contributed by atoms with E-state index in [0.29, 0.717) is 6.07 Å². The molecule has 0 bridgehead atoms. The largest absolute Gasteiger partial charge is 0.481 e. The van der Waals surface area contributed by atoms with Gasteiger partial charge in [-0.3, -0.25) is 9.59 Å². The Kier molecular flexibility index (Phi) is 6.18. The standard InChI is InChI=1S/C21H22ClF2N3O4/c1-21(2,3)9-27(15-6-12(22)13(23)7-14(15)24)16-8-25-17(19(26-16)31-4)18(28)10-5-11(10)20(29)30/h6-8,10-11H,5,9H2,1-4H3,(H,29,30)/t10-,11-/m0/s1. The molecule has 0 radical (unpaired) electrons. The number of hydrogen-bond donors (Lipinski definition) is 1. The molecule has 10 heteroatoms. The Balaban J connectivity index is 2.03. The highest BCUT2D eigenvalue weighted by molar-refractivity contribution is 6.31. The van der Waals surface area contributed by atoms with Crippen molar-refractivity contribution in [1.29, 1.82) is 0 Å². The summed E-state index contributed by atoms with van der Waals surface area (Å²) in [6.45, 7) is 6.03. The normalized spacial score (nSPS) is 17.9. The maximum atomic E-state index is 14.6. The van der Waals surface area contributed by atoms with Crippen LogP contribution in [0.1, 0.15) is 37.7 Å². The topological polar surface area (TPSA) is 92.6 Å². The van der Waals surface area contributed by atoms with E-state index in [0.717, 1.165) is 6.07 Å². The van der Waals surface area contributed by atoms with Gasteiger partial charge in [-0.1, -0.05) is 32.4 Å². The number of carboxylic acids is 1. The number of carboxylic acid groups (broad SMARTS) is 1. The molecule has 0 unspecified atom stereocenters. The number of carbonyl (C=O) groups excluding carboxylic acids is 1. The zero-order valence-corrected chi connectivity index (χ0v) is 18.2. The van der Waals surface area contributed by atoms with Crippen molar-refractivity contribution in [2.75, 3.05) is 18.6 Å². The fraction of sp³-hybridized carbons (Fsp3) is 0.429. The lowest BCUT2D eigenvalue weighted by atomic mass is 9.95. The minimum atomic E-state index is -1.04. The average molecular weight is 454 g/mol. The molecule has 1 aromatic heterocycles. The molecular formula is C21H22ClF2N3O4. The number of nitrogens with zero attached hydrogens (tertiary/aromatic N) is 3. The quantitative estimate of drug-likeness (QED) is 0.487. The molecule has 2 atom stereocenters. The summed E-state index contributed by atoms with van der Waals surface area (Å²) < 4.78 is 33.5. The zero-order chi connectivity index (χ0) is 23.1. The van der Waals surface area contributed by atoms with Crippen LogP contribution in [0.2, 0.25) is 5.02 Å². The molecule has 2 aromatic rings. The van der Waals surface area contributed by atoms with Crippen molar-refractivity contribution in [3.05, 3.63) is 40.7 Å². The highest BCUT2D eigenvalue weighted by atomic mass is 35.5. The van der Waals surface area contributed by atoms with E-state index < -0.39 is 35.2 Å². The number of halogens is 3. The minimum absolute atomic E-state index is 0.00936. The van der Waals surface area contributed by atoms with E-state index in [1.807, 2.05) is 20.8 Å². The van der Waals surface area contributed by atoms with Crippen molar-refractivity contribution < 1.29 is 28.2 Å². The van der Waals surface area contributed by atoms with Crippen LogP contribution in [0.5, 0.6) is 5.88 Å². The molecule has 3 rings (SSSR count). The molecule has 1 aromatic carbocycles. The van der Waals surface area contributed by atoms with Crippen molar-refractivity contribution in [2.45, 2.75) is 27.2 Å². The SMILES string of the molecule is COc1nc(N(CC(C)(C)C)c2cc(Cl)c(F)cc2F)cnc1C(=O)[C@H]1C[C@@H]1C(=O)O. The van der Waals surface area contributed by atoms with E-state index >= 15 is 0 Å². The van der Waals surface area contributed by atoms with Crippen molar-refractivity contribution in [3.63, 3.8) is 0 Å². The van der Waals surface area contributed by atoms with Gasteiger partial charge in [0.1, 0.15) is 11.6 Å². The van der Waals surface area contributed by atoms with Gasteiger partial charge >= 0.3 is 5.97 Å². The van der Waals surface area contributed by atoms with Gasteiger partial charge in [-0.05, 0) is 17.9 Å². The number of aliphatic carboxylic acids is 1. The number of benzene rings is 1. The molecule has 166 valence electrons. The van der Waals surface area contributed by atoms with Gasteiger partial charge in [0.25, 0.3) is 0 Å². The monoisotopic (exact) mass is 453 g/mol. The molecule has 1 aliphatic rings. The average Bonchev–Trinajstić information content (AvgIpc) is 3.48. The highest BCUT2D eigenvalue weighted by Crippen LogP contribution is 2.42. The predicted octanol–water partition coefficient (Wildman–Crippen LogP) is 4.50. The van der Waals surface area contributed by atoms with Gasteiger partial charge in [0.2, 0.25) is 5.88 Å². The van der Waals surface area contributed by atoms with Gasteiger partial charge in [-0.2, -0.15) is 4.98 Å². The van der Waals surface area contributed by atoms with Crippen molar-refractivity contribution in [1.82, 2.24) is 9.97 Å². The number of hydrogen-bond acceptors (Lipinski definition) is 6. The van der Waals surface area contributed by atoms with Gasteiger partial charge in [0.05, 0.1) is 29.9 Å². The summed E-state index contributed by atoms with van der Waals surface area (Å²) in [5, 5.41) is 8.81. The van der Waals surface area contributed by atoms with Gasteiger partial charge in [-0.15, -0.1) is 0 Å². The zero-order valence-electron chi connectivity index (χ0n) is 17.4. The molecule has 1 N–H and O–H groups in total. The van der Waals surface area contributed by atoms with Crippen LogP contribution in [0.25, 0.3) is 0 Å². The molecule has 0 spiro atoms. The van der Waals surface area contributed by atoms with Crippen LogP contribution in [0.3, 0.4) is 0 Å². The first-order chi connectivity index (χ1) is 14.4. The number of ketones is 1. The second-order valence-electron chi connectivity index (χ2n) is 8.60. The third kappa shape index (κ3) is 4.92. The Labute approximate surface area is 183 Å². The lowest BCUT2D eigenvalue weighted by molar-refractivity contribution is -0.138. The van der Waals surface area contributed by atoms with Gasteiger partial charge in [0.15, 0.2) is 17.3 Å². The van der Waals surface area contributed by atoms with Crippen molar-refractivity contribution >= 4 is 34.9 Å². The first-order valence-electron chi connectivity index (χ1n) is 9.53. The van der Waals surface area contributed by atoms with Crippen LogP contribution < -0.4 is 9.64 Å². The summed E-state index contributed by atoms with van der Waals surface area (Å²) in [5.74, 6) is -4.60. The molecule has 0 aliphatic heterocycles. The summed E-state index contributed by atoms with van der Waals surface area (Å²) in [6, 6.07) is 1.85. The molecule has 1 fully saturated rings. The van der Waals surface area contributed by atoms with Gasteiger partial charge in [0, 0.05) is 18.5 Å². The molecule has 0 amide bonds. The van der Waals surface area contributed by atoms with E-state index in [1.54, 1.807) is 0 Å². The number of carbonyl (C=O) groups is 2. The minimum Gasteiger partial charge on any atom is -0.481 e. The van der Waals surface area contributed by atoms with E-state index in [4.69, 9.17) is 21.4 Å². The van der Waals surface area contributed by atoms with E-state index in [2.05, 4.69) is 9.97 Å². The van der Waals surface area contributed by atoms with Gasteiger partial charge < -0.3 is 14.7 Å². The van der Waals surface area contributed by atoms with Crippen LogP contribution in [0, 0.1) is 28.9 Å². The smallest absolute Gasteiger partial charge is 0.307 e. The lowest BCUT2D eigenvalue weighted by Gasteiger charge is -2.31. The molecular weight excluding hydrogens is 432 g/mol. The summed E-state index contributed by atoms with van der Waals surface area (Å²) >= 11 is 5.87. The van der Waals surface area contributed by atoms with Crippen molar-refractivity contribution in [3.8, 4) is 5.88 Å². The van der Waals surface area contributed by atoms with Crippen LogP contribution in [0.4, 0.5) is 20.3 Å². The Morgan fingerprint density at radius 2 is 1.94 bits per heavy atom. The lowest BCUT2D eigenvalue weighted by Crippen LogP contribution is -2.30. The number of aromatic nitrogens is 2. The fourth-order valence-corrected chi connectivity index (χ4v) is 3.38. The van der Waals surface area contributed by atoms with E-state index in [-0.39, 0.29) is 46.5 Å². The first-order valence-corrected chi connectivity index (χ1v) is 9.91. The maximum Gasteiger partial charge on any atom is 0.307 e. The summed E-state index contributed by atoms with van der Waals surface area (Å²) in [5.41, 5.74) is -0.433. The summed E-state index contributed by atoms with van der Waals surface area (Å²) in [7, 11) is 1.30. The number of rotatable bonds is 7. The molecule has 31 heavy (non-hydrogen) atoms. The van der Waals surface area contributed by atoms with Crippen molar-refractivity contribution in [2.24, 2.45) is 17.3 Å². The second-order valence-corrected chi connectivity index (χ2v) is 9.01. The Morgan fingerprint density at radius 3 is 2.48 bits per heavy atom. The number of methoxy groups -OCH3 is 1. The highest BCUT2D eigenvalue weighted by Gasteiger charge is 2.49. The molecule has 1 heterocycles. The van der Waals surface area contributed by atoms with Crippen LogP contribution in [-0.4, -0.2) is 40.5 Å². The van der Waals surface area contributed by atoms with Crippen LogP contribution in [-0.2, 0) is 4.79 Å². The van der Waals surface area contributed by atoms with E-state index in [1.165, 1.54) is 18.2 Å². The number of anilines is 2. The Hall–Kier alpha value is -2.81. The maximum absolute atomic E-state index is 14.6. The first kappa shape index (κ1) is 22.9. The third-order valence-electron chi connectivity index (χ3n) is 4.79. The predicted molar refractivity (Wildman–Crippen MR) is 110 cm³/mol. The molecule has 0 saturated heterocycles. The fourth-order valence-electron chi connectivity index (χ4n) is 3.22. The second kappa shape index (κ2) is 8.37. The summed E-state index contributed by atoms with van der Waals surface area (Å²) in [6.07, 6.45) is 1.51. The molecule has 1 aliphatic carbocycles. The number of Topliss-reactive ketones (excluding diaryl/α,β-unsaturated/α-hetero) is 1. The summed E-state index contributed by atoms with van der Waals surface area (Å²) in [4.78, 5) is 33.7. The Bertz CT molecular complexity index is 1040. The molecule has 7 nitrogen and oxygen atoms in total. The van der Waals surface area contributed by atoms with E-state index in [9.17, 15) is 18.4 Å².